The number of aryl methyl sites for hydroxylation is 2. The molecule has 3 aromatic rings. The number of carbonyl (C=O) groups is 1. The summed E-state index contributed by atoms with van der Waals surface area (Å²) in [5.41, 5.74) is 1.78. The summed E-state index contributed by atoms with van der Waals surface area (Å²) in [5.74, 6) is -0.734. The molecular weight excluding hydrogens is 387 g/mol. The second-order valence-electron chi connectivity index (χ2n) is 8.34. The normalized spacial score (nSPS) is 18.5. The third kappa shape index (κ3) is 3.59. The number of aromatic nitrogens is 3. The van der Waals surface area contributed by atoms with E-state index in [-0.39, 0.29) is 17.8 Å². The van der Waals surface area contributed by atoms with Crippen LogP contribution in [0.15, 0.2) is 35.4 Å². The Labute approximate surface area is 172 Å². The van der Waals surface area contributed by atoms with E-state index in [0.717, 1.165) is 5.56 Å². The van der Waals surface area contributed by atoms with Gasteiger partial charge in [0.05, 0.1) is 17.1 Å². The topological polar surface area (TPSA) is 97.1 Å². The summed E-state index contributed by atoms with van der Waals surface area (Å²) in [6.07, 6.45) is 2.32. The fraction of sp³-hybridized carbons (Fsp3) is 0.364. The molecule has 3 aromatic heterocycles. The molecule has 0 saturated heterocycles. The fourth-order valence-corrected chi connectivity index (χ4v) is 3.45. The first-order valence-corrected chi connectivity index (χ1v) is 9.71. The van der Waals surface area contributed by atoms with Gasteiger partial charge in [-0.2, -0.15) is 0 Å². The fourth-order valence-electron chi connectivity index (χ4n) is 3.45. The Morgan fingerprint density at radius 3 is 2.53 bits per heavy atom. The first-order valence-electron chi connectivity index (χ1n) is 9.71. The molecule has 0 aliphatic heterocycles. The van der Waals surface area contributed by atoms with Crippen LogP contribution >= 0.6 is 0 Å². The van der Waals surface area contributed by atoms with Gasteiger partial charge in [-0.15, -0.1) is 0 Å². The largest absolute Gasteiger partial charge is 0.384 e. The van der Waals surface area contributed by atoms with E-state index in [1.54, 1.807) is 51.5 Å². The molecule has 1 aliphatic carbocycles. The van der Waals surface area contributed by atoms with E-state index in [1.807, 2.05) is 6.92 Å². The van der Waals surface area contributed by atoms with Crippen LogP contribution in [0.2, 0.25) is 0 Å². The van der Waals surface area contributed by atoms with Gasteiger partial charge in [-0.3, -0.25) is 14.6 Å². The number of fused-ring (bicyclic) bond motifs is 1. The number of carbonyl (C=O) groups excluding carboxylic acids is 1. The Morgan fingerprint density at radius 2 is 1.93 bits per heavy atom. The summed E-state index contributed by atoms with van der Waals surface area (Å²) in [6.45, 7) is 5.17. The molecule has 2 N–H and O–H groups in total. The van der Waals surface area contributed by atoms with Gasteiger partial charge in [-0.05, 0) is 44.9 Å². The van der Waals surface area contributed by atoms with E-state index in [9.17, 15) is 19.1 Å². The Hall–Kier alpha value is -3.13. The molecule has 1 fully saturated rings. The first kappa shape index (κ1) is 20.2. The van der Waals surface area contributed by atoms with Crippen LogP contribution < -0.4 is 10.9 Å². The average molecular weight is 410 g/mol. The van der Waals surface area contributed by atoms with Crippen LogP contribution in [0, 0.1) is 12.8 Å². The van der Waals surface area contributed by atoms with Crippen LogP contribution in [0.5, 0.6) is 0 Å². The summed E-state index contributed by atoms with van der Waals surface area (Å²) < 4.78 is 14.6. The molecule has 8 heteroatoms. The number of nitrogens with zero attached hydrogens (tertiary/aromatic N) is 3. The van der Waals surface area contributed by atoms with Gasteiger partial charge in [0.2, 0.25) is 5.91 Å². The number of halogens is 1. The quantitative estimate of drug-likeness (QED) is 0.689. The smallest absolute Gasteiger partial charge is 0.258 e. The Kier molecular flexibility index (Phi) is 4.69. The van der Waals surface area contributed by atoms with Gasteiger partial charge in [0.1, 0.15) is 17.6 Å². The third-order valence-electron chi connectivity index (χ3n) is 5.44. The van der Waals surface area contributed by atoms with Gasteiger partial charge >= 0.3 is 0 Å². The van der Waals surface area contributed by atoms with Crippen molar-refractivity contribution in [1.82, 2.24) is 14.5 Å². The van der Waals surface area contributed by atoms with E-state index >= 15 is 0 Å². The number of hydrogen-bond donors (Lipinski definition) is 2. The Bertz CT molecular complexity index is 1230. The van der Waals surface area contributed by atoms with Crippen LogP contribution in [-0.2, 0) is 17.4 Å². The van der Waals surface area contributed by atoms with Crippen LogP contribution in [0.4, 0.5) is 10.2 Å². The van der Waals surface area contributed by atoms with Gasteiger partial charge in [0, 0.05) is 42.0 Å². The van der Waals surface area contributed by atoms with Crippen molar-refractivity contribution in [3.05, 3.63) is 52.2 Å². The number of aliphatic hydroxyl groups is 1. The van der Waals surface area contributed by atoms with E-state index in [1.165, 1.54) is 4.57 Å². The van der Waals surface area contributed by atoms with Gasteiger partial charge in [-0.1, -0.05) is 0 Å². The summed E-state index contributed by atoms with van der Waals surface area (Å²) >= 11 is 0. The molecule has 2 atom stereocenters. The monoisotopic (exact) mass is 410 g/mol. The minimum atomic E-state index is -1.09. The maximum absolute atomic E-state index is 13.1. The molecule has 30 heavy (non-hydrogen) atoms. The molecule has 4 rings (SSSR count). The molecular formula is C22H23FN4O3. The highest BCUT2D eigenvalue weighted by Crippen LogP contribution is 2.34. The lowest BCUT2D eigenvalue weighted by Gasteiger charge is -2.18. The molecule has 7 nitrogen and oxygen atoms in total. The number of pyridine rings is 3. The Balaban J connectivity index is 1.74. The van der Waals surface area contributed by atoms with E-state index in [4.69, 9.17) is 0 Å². The summed E-state index contributed by atoms with van der Waals surface area (Å²) in [5, 5.41) is 13.5. The number of nitrogens with one attached hydrogen (secondary N) is 1. The van der Waals surface area contributed by atoms with Crippen molar-refractivity contribution in [3.8, 4) is 11.1 Å². The second kappa shape index (κ2) is 6.98. The minimum Gasteiger partial charge on any atom is -0.384 e. The van der Waals surface area contributed by atoms with Crippen molar-refractivity contribution in [2.45, 2.75) is 39.0 Å². The maximum Gasteiger partial charge on any atom is 0.258 e. The highest BCUT2D eigenvalue weighted by atomic mass is 19.1. The minimum absolute atomic E-state index is 0.224. The van der Waals surface area contributed by atoms with Gasteiger partial charge in [0.15, 0.2) is 0 Å². The predicted octanol–water partition coefficient (Wildman–Crippen LogP) is 2.83. The zero-order valence-corrected chi connectivity index (χ0v) is 17.2. The van der Waals surface area contributed by atoms with Crippen molar-refractivity contribution in [2.24, 2.45) is 13.0 Å². The van der Waals surface area contributed by atoms with Crippen LogP contribution in [0.1, 0.15) is 31.5 Å². The number of rotatable bonds is 4. The summed E-state index contributed by atoms with van der Waals surface area (Å²) in [6, 6.07) is 5.12. The summed E-state index contributed by atoms with van der Waals surface area (Å²) in [7, 11) is 1.65. The van der Waals surface area contributed by atoms with Crippen LogP contribution in [0.25, 0.3) is 22.0 Å². The van der Waals surface area contributed by atoms with Crippen molar-refractivity contribution in [1.29, 1.82) is 0 Å². The Morgan fingerprint density at radius 1 is 1.23 bits per heavy atom. The van der Waals surface area contributed by atoms with E-state index in [0.29, 0.717) is 27.7 Å². The molecule has 3 heterocycles. The second-order valence-corrected chi connectivity index (χ2v) is 8.34. The molecule has 1 amide bonds. The summed E-state index contributed by atoms with van der Waals surface area (Å²) in [4.78, 5) is 33.6. The number of anilines is 1. The van der Waals surface area contributed by atoms with Gasteiger partial charge in [0.25, 0.3) is 5.56 Å². The molecule has 156 valence electrons. The van der Waals surface area contributed by atoms with Crippen LogP contribution in [-0.4, -0.2) is 31.7 Å². The molecule has 0 bridgehead atoms. The highest BCUT2D eigenvalue weighted by Gasteiger charge is 2.43. The zero-order chi connectivity index (χ0) is 21.8. The average Bonchev–Trinajstić information content (AvgIpc) is 3.41. The molecule has 0 unspecified atom stereocenters. The number of amides is 1. The lowest BCUT2D eigenvalue weighted by atomic mass is 9.98. The van der Waals surface area contributed by atoms with Crippen molar-refractivity contribution < 1.29 is 14.3 Å². The molecule has 0 aromatic carbocycles. The number of alkyl halides is 1. The zero-order valence-electron chi connectivity index (χ0n) is 17.2. The standard InChI is InChI=1S/C22H23FN4O3/c1-11-5-18(22(2,3)30)24-10-15(11)13-6-12-9-25-19(8-17(12)27(4)21(13)29)26-20(28)14-7-16(14)23/h5-6,8-10,14,16,30H,7H2,1-4H3,(H,25,26,28)/t14-,16-/m0/s1. The van der Waals surface area contributed by atoms with Gasteiger partial charge in [-0.25, -0.2) is 9.37 Å². The van der Waals surface area contributed by atoms with Crippen molar-refractivity contribution in [3.63, 3.8) is 0 Å². The van der Waals surface area contributed by atoms with E-state index in [2.05, 4.69) is 15.3 Å². The van der Waals surface area contributed by atoms with Crippen molar-refractivity contribution >= 4 is 22.6 Å². The van der Waals surface area contributed by atoms with Crippen molar-refractivity contribution in [2.75, 3.05) is 5.32 Å². The molecule has 1 saturated carbocycles. The molecule has 0 radical (unpaired) electrons. The van der Waals surface area contributed by atoms with E-state index < -0.39 is 23.6 Å². The predicted molar refractivity (Wildman–Crippen MR) is 112 cm³/mol. The first-order chi connectivity index (χ1) is 14.1. The SMILES string of the molecule is Cc1cc(C(C)(C)O)ncc1-c1cc2cnc(NC(=O)[C@H]3C[C@@H]3F)cc2n(C)c1=O. The molecule has 1 aliphatic rings. The lowest BCUT2D eigenvalue weighted by molar-refractivity contribution is -0.117. The molecule has 0 spiro atoms. The third-order valence-corrected chi connectivity index (χ3v) is 5.44. The maximum atomic E-state index is 13.1. The highest BCUT2D eigenvalue weighted by molar-refractivity contribution is 5.95. The lowest BCUT2D eigenvalue weighted by Crippen LogP contribution is -2.21. The van der Waals surface area contributed by atoms with Gasteiger partial charge < -0.3 is 15.0 Å². The van der Waals surface area contributed by atoms with Crippen LogP contribution in [0.3, 0.4) is 0 Å². The number of hydrogen-bond acceptors (Lipinski definition) is 5.